The Labute approximate surface area is 85.3 Å². The van der Waals surface area contributed by atoms with Gasteiger partial charge in [0, 0.05) is 19.7 Å². The molecule has 2 rings (SSSR count). The van der Waals surface area contributed by atoms with Gasteiger partial charge in [-0.05, 0) is 18.9 Å². The molecule has 1 aromatic carbocycles. The van der Waals surface area contributed by atoms with E-state index in [0.29, 0.717) is 6.10 Å². The van der Waals surface area contributed by atoms with E-state index in [-0.39, 0.29) is 0 Å². The molecule has 2 heteroatoms. The van der Waals surface area contributed by atoms with Gasteiger partial charge in [0.15, 0.2) is 0 Å². The first-order valence-corrected chi connectivity index (χ1v) is 5.22. The molecule has 1 heterocycles. The molecule has 1 aliphatic heterocycles. The van der Waals surface area contributed by atoms with Crippen LogP contribution >= 0.6 is 0 Å². The Morgan fingerprint density at radius 3 is 2.64 bits per heavy atom. The molecule has 1 aliphatic rings. The van der Waals surface area contributed by atoms with E-state index in [1.807, 2.05) is 0 Å². The van der Waals surface area contributed by atoms with Gasteiger partial charge >= 0.3 is 0 Å². The van der Waals surface area contributed by atoms with Crippen LogP contribution in [0.15, 0.2) is 24.3 Å². The van der Waals surface area contributed by atoms with Crippen LogP contribution in [0.3, 0.4) is 0 Å². The van der Waals surface area contributed by atoms with Crippen LogP contribution in [0.4, 0.5) is 0 Å². The van der Waals surface area contributed by atoms with Crippen molar-refractivity contribution in [2.45, 2.75) is 26.0 Å². The third-order valence-electron chi connectivity index (χ3n) is 2.62. The number of aryl methyl sites for hydroxylation is 1. The van der Waals surface area contributed by atoms with Crippen LogP contribution in [0, 0.1) is 6.92 Å². The molecule has 1 atom stereocenters. The first kappa shape index (κ1) is 9.69. The average Bonchev–Trinajstić information content (AvgIpc) is 2.12. The van der Waals surface area contributed by atoms with Crippen molar-refractivity contribution in [2.24, 2.45) is 0 Å². The Balaban J connectivity index is 1.71. The topological polar surface area (TPSA) is 21.3 Å². The highest BCUT2D eigenvalue weighted by molar-refractivity contribution is 5.21. The summed E-state index contributed by atoms with van der Waals surface area (Å²) in [6, 6.07) is 8.64. The molecule has 0 saturated carbocycles. The fourth-order valence-electron chi connectivity index (χ4n) is 1.53. The van der Waals surface area contributed by atoms with Crippen LogP contribution in [-0.4, -0.2) is 19.3 Å². The molecule has 0 aromatic heterocycles. The normalized spacial score (nSPS) is 20.5. The molecule has 0 bridgehead atoms. The molecule has 76 valence electrons. The second-order valence-electron chi connectivity index (χ2n) is 3.90. The summed E-state index contributed by atoms with van der Waals surface area (Å²) in [4.78, 5) is 0. The van der Waals surface area contributed by atoms with Crippen LogP contribution in [0.5, 0.6) is 0 Å². The van der Waals surface area contributed by atoms with E-state index in [1.165, 1.54) is 17.5 Å². The van der Waals surface area contributed by atoms with Crippen molar-refractivity contribution >= 4 is 0 Å². The largest absolute Gasteiger partial charge is 0.377 e. The molecule has 0 spiro atoms. The summed E-state index contributed by atoms with van der Waals surface area (Å²) in [5, 5.41) is 3.40. The lowest BCUT2D eigenvalue weighted by Gasteiger charge is -2.26. The van der Waals surface area contributed by atoms with E-state index >= 15 is 0 Å². The zero-order valence-corrected chi connectivity index (χ0v) is 8.62. The highest BCUT2D eigenvalue weighted by atomic mass is 16.5. The highest BCUT2D eigenvalue weighted by Crippen LogP contribution is 2.09. The summed E-state index contributed by atoms with van der Waals surface area (Å²) < 4.78 is 5.33. The number of benzene rings is 1. The zero-order chi connectivity index (χ0) is 9.80. The van der Waals surface area contributed by atoms with Crippen molar-refractivity contribution in [3.05, 3.63) is 35.4 Å². The van der Waals surface area contributed by atoms with Crippen molar-refractivity contribution in [1.29, 1.82) is 0 Å². The molecule has 1 N–H and O–H groups in total. The zero-order valence-electron chi connectivity index (χ0n) is 8.62. The molecule has 1 fully saturated rings. The van der Waals surface area contributed by atoms with Gasteiger partial charge in [-0.2, -0.15) is 0 Å². The number of rotatable bonds is 4. The van der Waals surface area contributed by atoms with Gasteiger partial charge in [-0.3, -0.25) is 0 Å². The fraction of sp³-hybridized carbons (Fsp3) is 0.500. The van der Waals surface area contributed by atoms with Crippen LogP contribution < -0.4 is 5.32 Å². The summed E-state index contributed by atoms with van der Waals surface area (Å²) in [5.41, 5.74) is 2.66. The second kappa shape index (κ2) is 4.58. The van der Waals surface area contributed by atoms with Crippen molar-refractivity contribution < 1.29 is 4.74 Å². The molecular formula is C12H17NO. The third kappa shape index (κ3) is 2.56. The van der Waals surface area contributed by atoms with E-state index in [2.05, 4.69) is 36.5 Å². The highest BCUT2D eigenvalue weighted by Gasteiger charge is 2.16. The Morgan fingerprint density at radius 1 is 1.36 bits per heavy atom. The minimum Gasteiger partial charge on any atom is -0.377 e. The predicted octanol–water partition coefficient (Wildman–Crippen LogP) is 1.87. The van der Waals surface area contributed by atoms with Gasteiger partial charge in [0.25, 0.3) is 0 Å². The van der Waals surface area contributed by atoms with Crippen molar-refractivity contribution in [2.75, 3.05) is 13.2 Å². The van der Waals surface area contributed by atoms with E-state index in [1.54, 1.807) is 0 Å². The Bertz CT molecular complexity index is 277. The van der Waals surface area contributed by atoms with E-state index in [0.717, 1.165) is 19.7 Å². The van der Waals surface area contributed by atoms with Gasteiger partial charge in [0.1, 0.15) is 0 Å². The maximum Gasteiger partial charge on any atom is 0.0721 e. The molecule has 0 amide bonds. The van der Waals surface area contributed by atoms with Gasteiger partial charge in [0.05, 0.1) is 6.10 Å². The monoisotopic (exact) mass is 191 g/mol. The second-order valence-corrected chi connectivity index (χ2v) is 3.90. The first-order chi connectivity index (χ1) is 6.84. The van der Waals surface area contributed by atoms with Crippen LogP contribution in [0.1, 0.15) is 17.5 Å². The minimum atomic E-state index is 0.459. The maximum atomic E-state index is 5.33. The van der Waals surface area contributed by atoms with Crippen molar-refractivity contribution in [1.82, 2.24) is 5.32 Å². The van der Waals surface area contributed by atoms with Gasteiger partial charge in [-0.15, -0.1) is 0 Å². The van der Waals surface area contributed by atoms with E-state index < -0.39 is 0 Å². The van der Waals surface area contributed by atoms with E-state index in [9.17, 15) is 0 Å². The third-order valence-corrected chi connectivity index (χ3v) is 2.62. The predicted molar refractivity (Wildman–Crippen MR) is 57.2 cm³/mol. The molecule has 0 aliphatic carbocycles. The molecular weight excluding hydrogens is 174 g/mol. The molecule has 1 saturated heterocycles. The molecule has 14 heavy (non-hydrogen) atoms. The molecule has 2 nitrogen and oxygen atoms in total. The summed E-state index contributed by atoms with van der Waals surface area (Å²) in [5.74, 6) is 0. The van der Waals surface area contributed by atoms with Gasteiger partial charge < -0.3 is 10.1 Å². The quantitative estimate of drug-likeness (QED) is 0.784. The molecule has 0 unspecified atom stereocenters. The van der Waals surface area contributed by atoms with Gasteiger partial charge in [0.2, 0.25) is 0 Å². The van der Waals surface area contributed by atoms with Crippen LogP contribution in [0.25, 0.3) is 0 Å². The minimum absolute atomic E-state index is 0.459. The van der Waals surface area contributed by atoms with E-state index in [4.69, 9.17) is 4.74 Å². The first-order valence-electron chi connectivity index (χ1n) is 5.22. The van der Waals surface area contributed by atoms with Crippen molar-refractivity contribution in [3.63, 3.8) is 0 Å². The smallest absolute Gasteiger partial charge is 0.0721 e. The molecule has 0 radical (unpaired) electrons. The number of ether oxygens (including phenoxy) is 1. The summed E-state index contributed by atoms with van der Waals surface area (Å²) in [6.07, 6.45) is 1.67. The lowest BCUT2D eigenvalue weighted by molar-refractivity contribution is -0.0484. The maximum absolute atomic E-state index is 5.33. The van der Waals surface area contributed by atoms with Crippen LogP contribution in [-0.2, 0) is 11.3 Å². The Morgan fingerprint density at radius 2 is 2.07 bits per heavy atom. The summed E-state index contributed by atoms with van der Waals surface area (Å²) in [6.45, 7) is 4.98. The summed E-state index contributed by atoms with van der Waals surface area (Å²) in [7, 11) is 0. The number of hydrogen-bond acceptors (Lipinski definition) is 2. The number of nitrogens with one attached hydrogen (secondary N) is 1. The van der Waals surface area contributed by atoms with Crippen molar-refractivity contribution in [3.8, 4) is 0 Å². The summed E-state index contributed by atoms with van der Waals surface area (Å²) >= 11 is 0. The standard InChI is InChI=1S/C12H17NO/c1-10-2-4-11(5-3-10)8-13-9-12-6-7-14-12/h2-5,12-13H,6-9H2,1H3/t12-/m0/s1. The van der Waals surface area contributed by atoms with Gasteiger partial charge in [-0.25, -0.2) is 0 Å². The van der Waals surface area contributed by atoms with Gasteiger partial charge in [-0.1, -0.05) is 29.8 Å². The van der Waals surface area contributed by atoms with Crippen LogP contribution in [0.2, 0.25) is 0 Å². The Kier molecular flexibility index (Phi) is 3.17. The number of hydrogen-bond donors (Lipinski definition) is 1. The molecule has 1 aromatic rings. The fourth-order valence-corrected chi connectivity index (χ4v) is 1.53. The lowest BCUT2D eigenvalue weighted by atomic mass is 10.1. The average molecular weight is 191 g/mol. The Hall–Kier alpha value is -0.860. The lowest BCUT2D eigenvalue weighted by Crippen LogP contribution is -2.36. The SMILES string of the molecule is Cc1ccc(CNC[C@@H]2CCO2)cc1.